The largest absolute Gasteiger partial charge is 0.301 e. The van der Waals surface area contributed by atoms with Crippen LogP contribution < -0.4 is 4.90 Å². The SMILES string of the molecule is CC(CN1CCCCC1)N(C=O)c1ccccn1. The van der Waals surface area contributed by atoms with E-state index in [1.54, 1.807) is 11.1 Å². The molecule has 18 heavy (non-hydrogen) atoms. The van der Waals surface area contributed by atoms with Crippen molar-refractivity contribution in [1.82, 2.24) is 9.88 Å². The van der Waals surface area contributed by atoms with Crippen molar-refractivity contribution in [2.75, 3.05) is 24.5 Å². The van der Waals surface area contributed by atoms with Gasteiger partial charge in [-0.25, -0.2) is 4.98 Å². The van der Waals surface area contributed by atoms with Crippen LogP contribution in [0.2, 0.25) is 0 Å². The van der Waals surface area contributed by atoms with Crippen molar-refractivity contribution < 1.29 is 4.79 Å². The molecular weight excluding hydrogens is 226 g/mol. The van der Waals surface area contributed by atoms with Crippen LogP contribution in [-0.2, 0) is 4.79 Å². The summed E-state index contributed by atoms with van der Waals surface area (Å²) < 4.78 is 0. The zero-order chi connectivity index (χ0) is 12.8. The standard InChI is InChI=1S/C14H21N3O/c1-13(11-16-9-5-2-6-10-16)17(12-18)14-7-3-4-8-15-14/h3-4,7-8,12-13H,2,5-6,9-11H2,1H3. The van der Waals surface area contributed by atoms with Gasteiger partial charge in [-0.1, -0.05) is 12.5 Å². The number of hydrogen-bond donors (Lipinski definition) is 0. The lowest BCUT2D eigenvalue weighted by atomic mass is 10.1. The fourth-order valence-electron chi connectivity index (χ4n) is 2.49. The van der Waals surface area contributed by atoms with Crippen LogP contribution in [0.1, 0.15) is 26.2 Å². The summed E-state index contributed by atoms with van der Waals surface area (Å²) in [4.78, 5) is 19.7. The Labute approximate surface area is 109 Å². The first-order valence-corrected chi connectivity index (χ1v) is 6.68. The number of aromatic nitrogens is 1. The number of hydrogen-bond acceptors (Lipinski definition) is 3. The Hall–Kier alpha value is -1.42. The Morgan fingerprint density at radius 2 is 2.17 bits per heavy atom. The van der Waals surface area contributed by atoms with E-state index in [0.717, 1.165) is 31.9 Å². The molecule has 0 N–H and O–H groups in total. The first-order chi connectivity index (χ1) is 8.81. The minimum atomic E-state index is 0.162. The van der Waals surface area contributed by atoms with Crippen LogP contribution in [0.3, 0.4) is 0 Å². The highest BCUT2D eigenvalue weighted by Gasteiger charge is 2.19. The molecule has 2 heterocycles. The van der Waals surface area contributed by atoms with Crippen molar-refractivity contribution in [3.05, 3.63) is 24.4 Å². The van der Waals surface area contributed by atoms with Gasteiger partial charge < -0.3 is 4.90 Å². The van der Waals surface area contributed by atoms with Crippen LogP contribution in [0.5, 0.6) is 0 Å². The topological polar surface area (TPSA) is 36.4 Å². The van der Waals surface area contributed by atoms with Crippen molar-refractivity contribution in [2.24, 2.45) is 0 Å². The van der Waals surface area contributed by atoms with Crippen LogP contribution in [0.15, 0.2) is 24.4 Å². The number of carbonyl (C=O) groups excluding carboxylic acids is 1. The van der Waals surface area contributed by atoms with Crippen molar-refractivity contribution in [3.8, 4) is 0 Å². The molecule has 4 heteroatoms. The van der Waals surface area contributed by atoms with Gasteiger partial charge in [0.2, 0.25) is 6.41 Å². The van der Waals surface area contributed by atoms with E-state index in [9.17, 15) is 4.79 Å². The third-order valence-electron chi connectivity index (χ3n) is 3.47. The zero-order valence-corrected chi connectivity index (χ0v) is 11.0. The molecule has 1 unspecified atom stereocenters. The van der Waals surface area contributed by atoms with Gasteiger partial charge in [-0.05, 0) is 45.0 Å². The maximum Gasteiger partial charge on any atom is 0.215 e. The Kier molecular flexibility index (Phi) is 4.70. The second-order valence-electron chi connectivity index (χ2n) is 4.91. The van der Waals surface area contributed by atoms with Crippen LogP contribution in [0.4, 0.5) is 5.82 Å². The molecule has 1 aliphatic heterocycles. The zero-order valence-electron chi connectivity index (χ0n) is 11.0. The van der Waals surface area contributed by atoms with Crippen molar-refractivity contribution in [3.63, 3.8) is 0 Å². The third-order valence-corrected chi connectivity index (χ3v) is 3.47. The van der Waals surface area contributed by atoms with Crippen LogP contribution in [-0.4, -0.2) is 42.0 Å². The lowest BCUT2D eigenvalue weighted by Crippen LogP contribution is -2.43. The molecule has 0 bridgehead atoms. The molecule has 98 valence electrons. The molecule has 1 aromatic heterocycles. The first kappa shape index (κ1) is 13.0. The number of likely N-dealkylation sites (tertiary alicyclic amines) is 1. The lowest BCUT2D eigenvalue weighted by Gasteiger charge is -2.32. The number of pyridine rings is 1. The lowest BCUT2D eigenvalue weighted by molar-refractivity contribution is -0.107. The van der Waals surface area contributed by atoms with Gasteiger partial charge in [0.15, 0.2) is 0 Å². The predicted octanol–water partition coefficient (Wildman–Crippen LogP) is 1.92. The quantitative estimate of drug-likeness (QED) is 0.746. The molecule has 0 aromatic carbocycles. The van der Waals surface area contributed by atoms with Crippen LogP contribution in [0.25, 0.3) is 0 Å². The van der Waals surface area contributed by atoms with Crippen LogP contribution in [0, 0.1) is 0 Å². The van der Waals surface area contributed by atoms with E-state index >= 15 is 0 Å². The van der Waals surface area contributed by atoms with Crippen molar-refractivity contribution in [2.45, 2.75) is 32.2 Å². The summed E-state index contributed by atoms with van der Waals surface area (Å²) in [7, 11) is 0. The van der Waals surface area contributed by atoms with Crippen molar-refractivity contribution >= 4 is 12.2 Å². The fourth-order valence-corrected chi connectivity index (χ4v) is 2.49. The first-order valence-electron chi connectivity index (χ1n) is 6.68. The predicted molar refractivity (Wildman–Crippen MR) is 72.5 cm³/mol. The molecule has 0 aliphatic carbocycles. The average molecular weight is 247 g/mol. The van der Waals surface area contributed by atoms with E-state index in [-0.39, 0.29) is 6.04 Å². The smallest absolute Gasteiger partial charge is 0.215 e. The summed E-state index contributed by atoms with van der Waals surface area (Å²) in [6.45, 7) is 5.31. The van der Waals surface area contributed by atoms with Gasteiger partial charge in [0.05, 0.1) is 0 Å². The van der Waals surface area contributed by atoms with E-state index in [4.69, 9.17) is 0 Å². The fraction of sp³-hybridized carbons (Fsp3) is 0.571. The van der Waals surface area contributed by atoms with Crippen LogP contribution >= 0.6 is 0 Å². The summed E-state index contributed by atoms with van der Waals surface area (Å²) in [6.07, 6.45) is 6.49. The molecule has 0 spiro atoms. The highest BCUT2D eigenvalue weighted by molar-refractivity contribution is 5.73. The highest BCUT2D eigenvalue weighted by atomic mass is 16.1. The number of carbonyl (C=O) groups is 1. The maximum absolute atomic E-state index is 11.3. The number of rotatable bonds is 5. The molecule has 0 radical (unpaired) electrons. The number of piperidine rings is 1. The summed E-state index contributed by atoms with van der Waals surface area (Å²) in [6, 6.07) is 5.81. The third kappa shape index (κ3) is 3.29. The van der Waals surface area contributed by atoms with E-state index in [0.29, 0.717) is 0 Å². The Balaban J connectivity index is 1.97. The number of anilines is 1. The molecule has 1 aliphatic rings. The summed E-state index contributed by atoms with van der Waals surface area (Å²) in [5.74, 6) is 0.733. The Bertz CT molecular complexity index is 363. The summed E-state index contributed by atoms with van der Waals surface area (Å²) in [5, 5.41) is 0. The van der Waals surface area contributed by atoms with Gasteiger partial charge in [-0.3, -0.25) is 9.69 Å². The monoisotopic (exact) mass is 247 g/mol. The Morgan fingerprint density at radius 3 is 2.78 bits per heavy atom. The normalized spacial score (nSPS) is 18.3. The maximum atomic E-state index is 11.3. The molecular formula is C14H21N3O. The van der Waals surface area contributed by atoms with Gasteiger partial charge in [-0.2, -0.15) is 0 Å². The van der Waals surface area contributed by atoms with Gasteiger partial charge in [-0.15, -0.1) is 0 Å². The van der Waals surface area contributed by atoms with Crippen molar-refractivity contribution in [1.29, 1.82) is 0 Å². The minimum Gasteiger partial charge on any atom is -0.301 e. The summed E-state index contributed by atoms with van der Waals surface area (Å²) in [5.41, 5.74) is 0. The molecule has 1 saturated heterocycles. The van der Waals surface area contributed by atoms with E-state index < -0.39 is 0 Å². The van der Waals surface area contributed by atoms with Gasteiger partial charge in [0.1, 0.15) is 5.82 Å². The van der Waals surface area contributed by atoms with Gasteiger partial charge in [0.25, 0.3) is 0 Å². The minimum absolute atomic E-state index is 0.162. The van der Waals surface area contributed by atoms with Gasteiger partial charge in [0, 0.05) is 18.8 Å². The van der Waals surface area contributed by atoms with E-state index in [1.807, 2.05) is 18.2 Å². The average Bonchev–Trinajstić information content (AvgIpc) is 2.42. The summed E-state index contributed by atoms with van der Waals surface area (Å²) >= 11 is 0. The Morgan fingerprint density at radius 1 is 1.39 bits per heavy atom. The number of amides is 1. The molecule has 0 saturated carbocycles. The number of nitrogens with zero attached hydrogens (tertiary/aromatic N) is 3. The molecule has 1 amide bonds. The molecule has 4 nitrogen and oxygen atoms in total. The highest BCUT2D eigenvalue weighted by Crippen LogP contribution is 2.14. The molecule has 1 atom stereocenters. The van der Waals surface area contributed by atoms with E-state index in [2.05, 4.69) is 16.8 Å². The van der Waals surface area contributed by atoms with E-state index in [1.165, 1.54) is 19.3 Å². The molecule has 1 aromatic rings. The molecule has 2 rings (SSSR count). The van der Waals surface area contributed by atoms with Gasteiger partial charge >= 0.3 is 0 Å². The molecule has 1 fully saturated rings. The second kappa shape index (κ2) is 6.50. The second-order valence-corrected chi connectivity index (χ2v) is 4.91.